The number of hydrogen-bond acceptors (Lipinski definition) is 2. The Labute approximate surface area is 139 Å². The van der Waals surface area contributed by atoms with Crippen LogP contribution in [0.1, 0.15) is 30.4 Å². The maximum absolute atomic E-state index is 5.25. The lowest BCUT2D eigenvalue weighted by molar-refractivity contribution is 0.222. The molecule has 2 nitrogen and oxygen atoms in total. The van der Waals surface area contributed by atoms with Gasteiger partial charge in [-0.3, -0.25) is 0 Å². The predicted octanol–water partition coefficient (Wildman–Crippen LogP) is 4.32. The molecule has 0 saturated carbocycles. The summed E-state index contributed by atoms with van der Waals surface area (Å²) in [6.45, 7) is 2.62. The number of nitrogens with zero attached hydrogens (tertiary/aromatic N) is 1. The van der Waals surface area contributed by atoms with Crippen LogP contribution in [0.15, 0.2) is 42.5 Å². The van der Waals surface area contributed by atoms with Crippen molar-refractivity contribution >= 4 is 0 Å². The fourth-order valence-corrected chi connectivity index (χ4v) is 4.12. The molecule has 1 aliphatic carbocycles. The smallest absolute Gasteiger partial charge is 0.118 e. The van der Waals surface area contributed by atoms with Gasteiger partial charge < -0.3 is 9.64 Å². The largest absolute Gasteiger partial charge is 0.497 e. The van der Waals surface area contributed by atoms with Gasteiger partial charge in [0.1, 0.15) is 5.75 Å². The molecule has 0 N–H and O–H groups in total. The van der Waals surface area contributed by atoms with Crippen LogP contribution >= 0.6 is 0 Å². The standard InChI is InChI=1S/C21H25NO/c1-23-21-10-7-16(8-11-21)17-4-5-19-15-20(9-6-18(19)14-17)22-12-2-3-13-22/h4-5,7-8,10-11,14,20H,2-3,6,9,12-13,15H2,1H3/t20-/m1/s1. The fourth-order valence-electron chi connectivity index (χ4n) is 4.12. The summed E-state index contributed by atoms with van der Waals surface area (Å²) in [4.78, 5) is 2.71. The van der Waals surface area contributed by atoms with Gasteiger partial charge in [0.15, 0.2) is 0 Å². The van der Waals surface area contributed by atoms with Crippen molar-refractivity contribution in [2.45, 2.75) is 38.1 Å². The molecule has 4 rings (SSSR count). The highest BCUT2D eigenvalue weighted by atomic mass is 16.5. The summed E-state index contributed by atoms with van der Waals surface area (Å²) in [5, 5.41) is 0. The van der Waals surface area contributed by atoms with Gasteiger partial charge in [-0.1, -0.05) is 30.3 Å². The number of aryl methyl sites for hydroxylation is 1. The van der Waals surface area contributed by atoms with E-state index >= 15 is 0 Å². The summed E-state index contributed by atoms with van der Waals surface area (Å²) in [5.74, 6) is 0.917. The van der Waals surface area contributed by atoms with E-state index < -0.39 is 0 Å². The highest BCUT2D eigenvalue weighted by Gasteiger charge is 2.26. The molecule has 1 aliphatic heterocycles. The zero-order chi connectivity index (χ0) is 15.6. The first-order valence-electron chi connectivity index (χ1n) is 8.84. The van der Waals surface area contributed by atoms with Gasteiger partial charge in [-0.15, -0.1) is 0 Å². The minimum atomic E-state index is 0.775. The van der Waals surface area contributed by atoms with E-state index in [2.05, 4.69) is 35.2 Å². The van der Waals surface area contributed by atoms with E-state index in [1.807, 2.05) is 12.1 Å². The van der Waals surface area contributed by atoms with Crippen molar-refractivity contribution in [2.75, 3.05) is 20.2 Å². The van der Waals surface area contributed by atoms with E-state index in [-0.39, 0.29) is 0 Å². The number of benzene rings is 2. The molecule has 120 valence electrons. The van der Waals surface area contributed by atoms with Crippen LogP contribution in [-0.4, -0.2) is 31.1 Å². The van der Waals surface area contributed by atoms with Gasteiger partial charge in [-0.2, -0.15) is 0 Å². The Hall–Kier alpha value is -1.80. The molecule has 0 aromatic heterocycles. The van der Waals surface area contributed by atoms with Gasteiger partial charge >= 0.3 is 0 Å². The van der Waals surface area contributed by atoms with Crippen LogP contribution in [-0.2, 0) is 12.8 Å². The second-order valence-corrected chi connectivity index (χ2v) is 6.85. The lowest BCUT2D eigenvalue weighted by Gasteiger charge is -2.32. The van der Waals surface area contributed by atoms with Crippen molar-refractivity contribution in [2.24, 2.45) is 0 Å². The minimum absolute atomic E-state index is 0.775. The Morgan fingerprint density at radius 3 is 2.39 bits per heavy atom. The van der Waals surface area contributed by atoms with Crippen LogP contribution in [0.5, 0.6) is 5.75 Å². The molecule has 0 amide bonds. The molecular formula is C21H25NO. The van der Waals surface area contributed by atoms with Gasteiger partial charge in [0.2, 0.25) is 0 Å². The second kappa shape index (κ2) is 6.37. The number of fused-ring (bicyclic) bond motifs is 1. The second-order valence-electron chi connectivity index (χ2n) is 6.85. The average molecular weight is 307 g/mol. The summed E-state index contributed by atoms with van der Waals surface area (Å²) in [6, 6.07) is 16.2. The molecule has 2 aromatic rings. The Bertz CT molecular complexity index is 671. The van der Waals surface area contributed by atoms with Gasteiger partial charge in [0, 0.05) is 6.04 Å². The third kappa shape index (κ3) is 3.00. The average Bonchev–Trinajstić information content (AvgIpc) is 3.15. The number of hydrogen-bond donors (Lipinski definition) is 0. The van der Waals surface area contributed by atoms with Gasteiger partial charge in [-0.05, 0) is 79.6 Å². The summed E-state index contributed by atoms with van der Waals surface area (Å²) >= 11 is 0. The minimum Gasteiger partial charge on any atom is -0.497 e. The quantitative estimate of drug-likeness (QED) is 0.837. The maximum atomic E-state index is 5.25. The number of rotatable bonds is 3. The van der Waals surface area contributed by atoms with Crippen molar-refractivity contribution in [3.8, 4) is 16.9 Å². The highest BCUT2D eigenvalue weighted by Crippen LogP contribution is 2.31. The van der Waals surface area contributed by atoms with E-state index in [0.29, 0.717) is 0 Å². The van der Waals surface area contributed by atoms with Crippen LogP contribution in [0.4, 0.5) is 0 Å². The Morgan fingerprint density at radius 1 is 0.913 bits per heavy atom. The molecule has 2 aliphatic rings. The Kier molecular flexibility index (Phi) is 4.09. The Morgan fingerprint density at radius 2 is 1.65 bits per heavy atom. The van der Waals surface area contributed by atoms with Crippen molar-refractivity contribution < 1.29 is 4.74 Å². The molecule has 1 fully saturated rings. The van der Waals surface area contributed by atoms with E-state index in [0.717, 1.165) is 11.8 Å². The third-order valence-electron chi connectivity index (χ3n) is 5.49. The maximum Gasteiger partial charge on any atom is 0.118 e. The first-order chi connectivity index (χ1) is 11.3. The molecule has 0 bridgehead atoms. The van der Waals surface area contributed by atoms with Gasteiger partial charge in [0.05, 0.1) is 7.11 Å². The van der Waals surface area contributed by atoms with Crippen molar-refractivity contribution in [1.29, 1.82) is 0 Å². The molecule has 0 spiro atoms. The first kappa shape index (κ1) is 14.8. The molecule has 0 unspecified atom stereocenters. The van der Waals surface area contributed by atoms with Crippen LogP contribution in [0.3, 0.4) is 0 Å². The van der Waals surface area contributed by atoms with Crippen molar-refractivity contribution in [3.63, 3.8) is 0 Å². The van der Waals surface area contributed by atoms with Crippen molar-refractivity contribution in [1.82, 2.24) is 4.90 Å². The third-order valence-corrected chi connectivity index (χ3v) is 5.49. The molecular weight excluding hydrogens is 282 g/mol. The zero-order valence-corrected chi connectivity index (χ0v) is 13.9. The van der Waals surface area contributed by atoms with E-state index in [9.17, 15) is 0 Å². The van der Waals surface area contributed by atoms with E-state index in [1.54, 1.807) is 18.2 Å². The van der Waals surface area contributed by atoms with Crippen molar-refractivity contribution in [3.05, 3.63) is 53.6 Å². The monoisotopic (exact) mass is 307 g/mol. The Balaban J connectivity index is 1.54. The molecule has 2 aromatic carbocycles. The topological polar surface area (TPSA) is 12.5 Å². The number of likely N-dealkylation sites (tertiary alicyclic amines) is 1. The molecule has 2 heteroatoms. The zero-order valence-electron chi connectivity index (χ0n) is 13.9. The summed E-state index contributed by atoms with van der Waals surface area (Å²) in [5.41, 5.74) is 5.71. The molecule has 0 radical (unpaired) electrons. The van der Waals surface area contributed by atoms with E-state index in [4.69, 9.17) is 4.74 Å². The SMILES string of the molecule is COc1ccc(-c2ccc3c(c2)CC[C@@H](N2CCCC2)C3)cc1. The first-order valence-corrected chi connectivity index (χ1v) is 8.84. The summed E-state index contributed by atoms with van der Waals surface area (Å²) < 4.78 is 5.25. The van der Waals surface area contributed by atoms with E-state index in [1.165, 1.54) is 56.3 Å². The van der Waals surface area contributed by atoms with Crippen LogP contribution in [0.2, 0.25) is 0 Å². The number of ether oxygens (including phenoxy) is 1. The highest BCUT2D eigenvalue weighted by molar-refractivity contribution is 5.66. The lowest BCUT2D eigenvalue weighted by Crippen LogP contribution is -2.37. The molecule has 1 heterocycles. The van der Waals surface area contributed by atoms with Gasteiger partial charge in [-0.25, -0.2) is 0 Å². The lowest BCUT2D eigenvalue weighted by atomic mass is 9.85. The molecule has 1 atom stereocenters. The number of methoxy groups -OCH3 is 1. The summed E-state index contributed by atoms with van der Waals surface area (Å²) in [6.07, 6.45) is 6.55. The van der Waals surface area contributed by atoms with Crippen LogP contribution < -0.4 is 4.74 Å². The fraction of sp³-hybridized carbons (Fsp3) is 0.429. The van der Waals surface area contributed by atoms with Gasteiger partial charge in [0.25, 0.3) is 0 Å². The molecule has 23 heavy (non-hydrogen) atoms. The predicted molar refractivity (Wildman–Crippen MR) is 95.1 cm³/mol. The molecule has 1 saturated heterocycles. The normalized spacial score (nSPS) is 21.2. The van der Waals surface area contributed by atoms with Crippen LogP contribution in [0, 0.1) is 0 Å². The summed E-state index contributed by atoms with van der Waals surface area (Å²) in [7, 11) is 1.71. The van der Waals surface area contributed by atoms with Crippen LogP contribution in [0.25, 0.3) is 11.1 Å².